The Kier molecular flexibility index (Phi) is 3.51. The molecule has 0 fully saturated rings. The summed E-state index contributed by atoms with van der Waals surface area (Å²) in [5.74, 6) is 4.70. The van der Waals surface area contributed by atoms with E-state index >= 15 is 0 Å². The van der Waals surface area contributed by atoms with Gasteiger partial charge in [0.2, 0.25) is 0 Å². The summed E-state index contributed by atoms with van der Waals surface area (Å²) in [5.41, 5.74) is -0.0352. The molecule has 0 heterocycles. The molecular formula is C11H7F3O. The first-order chi connectivity index (χ1) is 7.04. The Bertz CT molecular complexity index is 393. The van der Waals surface area contributed by atoms with Gasteiger partial charge in [-0.15, -0.1) is 0 Å². The van der Waals surface area contributed by atoms with Crippen LogP contribution in [0, 0.1) is 11.8 Å². The van der Waals surface area contributed by atoms with Crippen LogP contribution in [0.15, 0.2) is 24.3 Å². The van der Waals surface area contributed by atoms with Crippen molar-refractivity contribution in [1.82, 2.24) is 0 Å². The molecule has 78 valence electrons. The monoisotopic (exact) mass is 212 g/mol. The van der Waals surface area contributed by atoms with Gasteiger partial charge in [-0.3, -0.25) is 4.79 Å². The summed E-state index contributed by atoms with van der Waals surface area (Å²) in [4.78, 5) is 9.86. The lowest BCUT2D eigenvalue weighted by atomic mass is 10.1. The summed E-state index contributed by atoms with van der Waals surface area (Å²) in [5, 5.41) is 0. The van der Waals surface area contributed by atoms with Crippen molar-refractivity contribution in [2.24, 2.45) is 0 Å². The van der Waals surface area contributed by atoms with Crippen molar-refractivity contribution >= 4 is 6.29 Å². The lowest BCUT2D eigenvalue weighted by Gasteiger charge is -2.06. The van der Waals surface area contributed by atoms with Gasteiger partial charge in [0.25, 0.3) is 0 Å². The molecule has 0 aliphatic rings. The van der Waals surface area contributed by atoms with E-state index in [1.165, 1.54) is 12.1 Å². The fraction of sp³-hybridized carbons (Fsp3) is 0.182. The van der Waals surface area contributed by atoms with Crippen LogP contribution in [0.4, 0.5) is 13.2 Å². The number of alkyl halides is 3. The molecule has 1 aromatic rings. The highest BCUT2D eigenvalue weighted by molar-refractivity contribution is 5.72. The largest absolute Gasteiger partial charge is 0.416 e. The van der Waals surface area contributed by atoms with Crippen molar-refractivity contribution in [3.63, 3.8) is 0 Å². The molecule has 0 bridgehead atoms. The molecule has 0 aromatic heterocycles. The molecule has 0 atom stereocenters. The van der Waals surface area contributed by atoms with Gasteiger partial charge in [-0.1, -0.05) is 18.1 Å². The Morgan fingerprint density at radius 1 is 1.20 bits per heavy atom. The van der Waals surface area contributed by atoms with Gasteiger partial charge in [-0.25, -0.2) is 0 Å². The van der Waals surface area contributed by atoms with E-state index in [-0.39, 0.29) is 6.42 Å². The second kappa shape index (κ2) is 4.65. The van der Waals surface area contributed by atoms with Crippen LogP contribution in [-0.2, 0) is 17.4 Å². The average Bonchev–Trinajstić information content (AvgIpc) is 2.18. The molecule has 0 unspecified atom stereocenters. The number of benzene rings is 1. The number of halogens is 3. The van der Waals surface area contributed by atoms with E-state index in [1.54, 1.807) is 0 Å². The highest BCUT2D eigenvalue weighted by atomic mass is 19.4. The van der Waals surface area contributed by atoms with Gasteiger partial charge in [0.15, 0.2) is 6.29 Å². The molecule has 0 spiro atoms. The summed E-state index contributed by atoms with van der Waals surface area (Å²) in [6.07, 6.45) is -3.59. The average molecular weight is 212 g/mol. The first-order valence-electron chi connectivity index (χ1n) is 4.12. The summed E-state index contributed by atoms with van der Waals surface area (Å²) < 4.78 is 36.5. The molecule has 0 N–H and O–H groups in total. The van der Waals surface area contributed by atoms with Crippen LogP contribution in [0.2, 0.25) is 0 Å². The van der Waals surface area contributed by atoms with Crippen molar-refractivity contribution in [2.45, 2.75) is 12.6 Å². The first-order valence-corrected chi connectivity index (χ1v) is 4.12. The molecule has 0 aliphatic heterocycles. The predicted octanol–water partition coefficient (Wildman–Crippen LogP) is 2.45. The summed E-state index contributed by atoms with van der Waals surface area (Å²) in [7, 11) is 0. The minimum Gasteiger partial charge on any atom is -0.289 e. The molecular weight excluding hydrogens is 205 g/mol. The molecule has 0 saturated heterocycles. The molecule has 0 radical (unpaired) electrons. The highest BCUT2D eigenvalue weighted by Gasteiger charge is 2.29. The van der Waals surface area contributed by atoms with E-state index in [4.69, 9.17) is 0 Å². The van der Waals surface area contributed by atoms with E-state index in [9.17, 15) is 18.0 Å². The fourth-order valence-electron chi connectivity index (χ4n) is 1.01. The van der Waals surface area contributed by atoms with Crippen LogP contribution < -0.4 is 0 Å². The minimum absolute atomic E-state index is 0.275. The maximum Gasteiger partial charge on any atom is 0.416 e. The van der Waals surface area contributed by atoms with E-state index in [2.05, 4.69) is 11.8 Å². The van der Waals surface area contributed by atoms with Gasteiger partial charge in [-0.05, 0) is 23.6 Å². The zero-order valence-corrected chi connectivity index (χ0v) is 7.64. The van der Waals surface area contributed by atoms with E-state index in [1.807, 2.05) is 0 Å². The topological polar surface area (TPSA) is 17.1 Å². The molecule has 0 saturated carbocycles. The summed E-state index contributed by atoms with van der Waals surface area (Å²) >= 11 is 0. The quantitative estimate of drug-likeness (QED) is 0.516. The van der Waals surface area contributed by atoms with Crippen molar-refractivity contribution in [3.05, 3.63) is 35.4 Å². The zero-order chi connectivity index (χ0) is 11.3. The number of rotatable bonds is 1. The van der Waals surface area contributed by atoms with Crippen LogP contribution in [0.3, 0.4) is 0 Å². The maximum atomic E-state index is 12.2. The third kappa shape index (κ3) is 3.47. The third-order valence-electron chi connectivity index (χ3n) is 1.73. The molecule has 1 nitrogen and oxygen atoms in total. The van der Waals surface area contributed by atoms with Gasteiger partial charge in [-0.2, -0.15) is 13.2 Å². The second-order valence-corrected chi connectivity index (χ2v) is 2.81. The Hall–Kier alpha value is -1.76. The fourth-order valence-corrected chi connectivity index (χ4v) is 1.01. The zero-order valence-electron chi connectivity index (χ0n) is 7.64. The number of hydrogen-bond donors (Lipinski definition) is 0. The van der Waals surface area contributed by atoms with Gasteiger partial charge < -0.3 is 0 Å². The molecule has 4 heteroatoms. The second-order valence-electron chi connectivity index (χ2n) is 2.81. The van der Waals surface area contributed by atoms with Crippen molar-refractivity contribution in [2.75, 3.05) is 0 Å². The Labute approximate surface area is 84.9 Å². The van der Waals surface area contributed by atoms with Crippen molar-refractivity contribution in [1.29, 1.82) is 0 Å². The van der Waals surface area contributed by atoms with Crippen LogP contribution in [0.1, 0.15) is 11.1 Å². The number of carbonyl (C=O) groups is 1. The maximum absolute atomic E-state index is 12.2. The van der Waals surface area contributed by atoms with Gasteiger partial charge >= 0.3 is 6.18 Å². The van der Waals surface area contributed by atoms with Crippen LogP contribution in [-0.4, -0.2) is 6.29 Å². The summed E-state index contributed by atoms with van der Waals surface area (Å²) in [6, 6.07) is 4.69. The number of hydrogen-bond acceptors (Lipinski definition) is 1. The van der Waals surface area contributed by atoms with Crippen LogP contribution >= 0.6 is 0 Å². The first kappa shape index (κ1) is 11.3. The normalized spacial score (nSPS) is 10.3. The Morgan fingerprint density at radius 2 is 1.80 bits per heavy atom. The SMILES string of the molecule is O=CC#CCc1ccc(C(F)(F)F)cc1. The van der Waals surface area contributed by atoms with Gasteiger partial charge in [0.1, 0.15) is 0 Å². The van der Waals surface area contributed by atoms with Gasteiger partial charge in [0, 0.05) is 6.42 Å². The number of aldehydes is 1. The molecule has 15 heavy (non-hydrogen) atoms. The molecule has 1 rings (SSSR count). The van der Waals surface area contributed by atoms with Crippen LogP contribution in [0.25, 0.3) is 0 Å². The number of carbonyl (C=O) groups excluding carboxylic acids is 1. The Balaban J connectivity index is 2.77. The van der Waals surface area contributed by atoms with Crippen LogP contribution in [0.5, 0.6) is 0 Å². The van der Waals surface area contributed by atoms with E-state index in [0.717, 1.165) is 12.1 Å². The van der Waals surface area contributed by atoms with E-state index in [0.29, 0.717) is 11.8 Å². The summed E-state index contributed by atoms with van der Waals surface area (Å²) in [6.45, 7) is 0. The van der Waals surface area contributed by atoms with E-state index < -0.39 is 11.7 Å². The molecule has 1 aromatic carbocycles. The van der Waals surface area contributed by atoms with Crippen molar-refractivity contribution in [3.8, 4) is 11.8 Å². The van der Waals surface area contributed by atoms with Crippen molar-refractivity contribution < 1.29 is 18.0 Å². The lowest BCUT2D eigenvalue weighted by Crippen LogP contribution is -2.04. The lowest BCUT2D eigenvalue weighted by molar-refractivity contribution is -0.137. The Morgan fingerprint density at radius 3 is 2.27 bits per heavy atom. The highest BCUT2D eigenvalue weighted by Crippen LogP contribution is 2.28. The predicted molar refractivity (Wildman–Crippen MR) is 49.0 cm³/mol. The smallest absolute Gasteiger partial charge is 0.289 e. The minimum atomic E-state index is -4.31. The standard InChI is InChI=1S/C11H7F3O/c12-11(13,14)10-6-4-9(5-7-10)3-1-2-8-15/h4-8H,3H2. The third-order valence-corrected chi connectivity index (χ3v) is 1.73. The van der Waals surface area contributed by atoms with Gasteiger partial charge in [0.05, 0.1) is 5.56 Å². The molecule has 0 amide bonds. The molecule has 0 aliphatic carbocycles.